The van der Waals surface area contributed by atoms with Crippen LogP contribution in [0.4, 0.5) is 0 Å². The lowest BCUT2D eigenvalue weighted by Crippen LogP contribution is -2.43. The molecule has 0 bridgehead atoms. The summed E-state index contributed by atoms with van der Waals surface area (Å²) < 4.78 is 24.3. The van der Waals surface area contributed by atoms with Gasteiger partial charge in [-0.25, -0.2) is 4.79 Å². The van der Waals surface area contributed by atoms with Gasteiger partial charge in [-0.15, -0.1) is 0 Å². The van der Waals surface area contributed by atoms with Gasteiger partial charge in [0.2, 0.25) is 0 Å². The first-order chi connectivity index (χ1) is 18.1. The van der Waals surface area contributed by atoms with E-state index in [-0.39, 0.29) is 6.61 Å². The van der Waals surface area contributed by atoms with E-state index in [0.29, 0.717) is 11.5 Å². The molecule has 6 heteroatoms. The van der Waals surface area contributed by atoms with Gasteiger partial charge in [-0.3, -0.25) is 0 Å². The van der Waals surface area contributed by atoms with Gasteiger partial charge in [0.25, 0.3) is 0 Å². The van der Waals surface area contributed by atoms with E-state index in [4.69, 9.17) is 24.1 Å². The van der Waals surface area contributed by atoms with Gasteiger partial charge in [0.05, 0.1) is 7.11 Å². The van der Waals surface area contributed by atoms with Crippen LogP contribution in [0.5, 0.6) is 23.0 Å². The van der Waals surface area contributed by atoms with Crippen LogP contribution in [-0.4, -0.2) is 31.4 Å². The summed E-state index contributed by atoms with van der Waals surface area (Å²) in [7, 11) is 1.63. The Morgan fingerprint density at radius 2 is 1.27 bits per heavy atom. The summed E-state index contributed by atoms with van der Waals surface area (Å²) in [5.74, 6) is 1.58. The third-order valence-electron chi connectivity index (χ3n) is 6.78. The number of hydrogen-bond acceptors (Lipinski definition) is 5. The number of aliphatic carboxylic acids is 1. The minimum absolute atomic E-state index is 0.240. The molecule has 0 spiro atoms. The summed E-state index contributed by atoms with van der Waals surface area (Å²) in [5, 5.41) is 13.1. The molecule has 1 atom stereocenters. The van der Waals surface area contributed by atoms with Crippen molar-refractivity contribution in [2.24, 2.45) is 0 Å². The molecular formula is C31H24O6. The SMILES string of the molecule is COc1ccc(C2(c3ccc(OCC(=O)O)cc3)COc3c(c4ccccc4c4ccccc34)O2)cc1. The fraction of sp³-hybridized carbons (Fsp3) is 0.129. The van der Waals surface area contributed by atoms with Gasteiger partial charge in [-0.1, -0.05) is 72.8 Å². The standard InChI is InChI=1S/C31H24O6/c1-34-22-14-10-20(11-15-22)31(21-12-16-23(17-13-21)35-18-28(32)33)19-36-29-26-8-4-2-6-24(26)25-7-3-5-9-27(25)30(29)37-31/h2-17H,18-19H2,1H3,(H,32,33). The first kappa shape index (κ1) is 22.7. The first-order valence-electron chi connectivity index (χ1n) is 11.9. The number of carboxylic acid groups (broad SMARTS) is 1. The lowest BCUT2D eigenvalue weighted by Gasteiger charge is -2.40. The fourth-order valence-electron chi connectivity index (χ4n) is 4.98. The highest BCUT2D eigenvalue weighted by molar-refractivity contribution is 6.13. The normalized spacial score (nSPS) is 16.5. The summed E-state index contributed by atoms with van der Waals surface area (Å²) in [4.78, 5) is 10.9. The molecule has 1 heterocycles. The average Bonchev–Trinajstić information content (AvgIpc) is 2.96. The molecule has 0 amide bonds. The summed E-state index contributed by atoms with van der Waals surface area (Å²) >= 11 is 0. The van der Waals surface area contributed by atoms with Gasteiger partial charge in [0.15, 0.2) is 23.7 Å². The van der Waals surface area contributed by atoms with E-state index in [9.17, 15) is 4.79 Å². The number of benzene rings is 5. The lowest BCUT2D eigenvalue weighted by molar-refractivity contribution is -0.139. The Kier molecular flexibility index (Phi) is 5.57. The molecule has 0 fully saturated rings. The van der Waals surface area contributed by atoms with Crippen molar-refractivity contribution in [3.05, 3.63) is 108 Å². The molecule has 0 aromatic heterocycles. The molecular weight excluding hydrogens is 468 g/mol. The predicted molar refractivity (Wildman–Crippen MR) is 141 cm³/mol. The molecule has 1 aliphatic rings. The lowest BCUT2D eigenvalue weighted by atomic mass is 9.85. The van der Waals surface area contributed by atoms with Gasteiger partial charge < -0.3 is 24.1 Å². The zero-order valence-electron chi connectivity index (χ0n) is 20.1. The van der Waals surface area contributed by atoms with Crippen molar-refractivity contribution >= 4 is 27.5 Å². The highest BCUT2D eigenvalue weighted by Crippen LogP contribution is 2.51. The molecule has 1 N–H and O–H groups in total. The van der Waals surface area contributed by atoms with Crippen molar-refractivity contribution in [2.75, 3.05) is 20.3 Å². The van der Waals surface area contributed by atoms with Gasteiger partial charge in [-0.05, 0) is 35.0 Å². The number of rotatable bonds is 6. The zero-order chi connectivity index (χ0) is 25.4. The van der Waals surface area contributed by atoms with Gasteiger partial charge >= 0.3 is 5.97 Å². The molecule has 5 aromatic rings. The van der Waals surface area contributed by atoms with Crippen LogP contribution in [0.2, 0.25) is 0 Å². The molecule has 1 unspecified atom stereocenters. The molecule has 0 saturated heterocycles. The third-order valence-corrected chi connectivity index (χ3v) is 6.78. The number of hydrogen-bond donors (Lipinski definition) is 1. The second kappa shape index (κ2) is 9.06. The molecule has 184 valence electrons. The average molecular weight is 493 g/mol. The molecule has 1 aliphatic heterocycles. The van der Waals surface area contributed by atoms with Gasteiger partial charge in [0.1, 0.15) is 18.1 Å². The maximum Gasteiger partial charge on any atom is 0.341 e. The fourth-order valence-corrected chi connectivity index (χ4v) is 4.98. The maximum absolute atomic E-state index is 10.9. The van der Waals surface area contributed by atoms with E-state index in [2.05, 4.69) is 24.3 Å². The largest absolute Gasteiger partial charge is 0.497 e. The Labute approximate surface area is 213 Å². The van der Waals surface area contributed by atoms with E-state index < -0.39 is 18.2 Å². The van der Waals surface area contributed by atoms with Crippen molar-refractivity contribution in [3.63, 3.8) is 0 Å². The van der Waals surface area contributed by atoms with Crippen LogP contribution >= 0.6 is 0 Å². The van der Waals surface area contributed by atoms with Crippen molar-refractivity contribution in [1.82, 2.24) is 0 Å². The molecule has 0 radical (unpaired) electrons. The Hall–Kier alpha value is -4.71. The summed E-state index contributed by atoms with van der Waals surface area (Å²) in [6.07, 6.45) is 0. The molecule has 6 nitrogen and oxygen atoms in total. The molecule has 6 rings (SSSR count). The van der Waals surface area contributed by atoms with Gasteiger partial charge in [-0.2, -0.15) is 0 Å². The molecule has 0 saturated carbocycles. The second-order valence-electron chi connectivity index (χ2n) is 8.90. The topological polar surface area (TPSA) is 74.2 Å². The van der Waals surface area contributed by atoms with E-state index >= 15 is 0 Å². The smallest absolute Gasteiger partial charge is 0.341 e. The quantitative estimate of drug-likeness (QED) is 0.285. The highest BCUT2D eigenvalue weighted by Gasteiger charge is 2.43. The maximum atomic E-state index is 10.9. The van der Waals surface area contributed by atoms with E-state index in [1.165, 1.54) is 0 Å². The molecule has 37 heavy (non-hydrogen) atoms. The minimum Gasteiger partial charge on any atom is -0.497 e. The number of methoxy groups -OCH3 is 1. The number of ether oxygens (including phenoxy) is 4. The van der Waals surface area contributed by atoms with E-state index in [0.717, 1.165) is 44.2 Å². The summed E-state index contributed by atoms with van der Waals surface area (Å²) in [5.41, 5.74) is 0.786. The van der Waals surface area contributed by atoms with Crippen LogP contribution in [0.1, 0.15) is 11.1 Å². The zero-order valence-corrected chi connectivity index (χ0v) is 20.1. The summed E-state index contributed by atoms with van der Waals surface area (Å²) in [6, 6.07) is 31.4. The van der Waals surface area contributed by atoms with Crippen molar-refractivity contribution in [3.8, 4) is 23.0 Å². The van der Waals surface area contributed by atoms with E-state index in [1.54, 1.807) is 19.2 Å². The monoisotopic (exact) mass is 492 g/mol. The number of fused-ring (bicyclic) bond motifs is 6. The summed E-state index contributed by atoms with van der Waals surface area (Å²) in [6.45, 7) is -0.168. The van der Waals surface area contributed by atoms with Crippen molar-refractivity contribution < 1.29 is 28.8 Å². The van der Waals surface area contributed by atoms with Crippen molar-refractivity contribution in [1.29, 1.82) is 0 Å². The molecule has 5 aromatic carbocycles. The number of carbonyl (C=O) groups is 1. The minimum atomic E-state index is -1.03. The van der Waals surface area contributed by atoms with Gasteiger partial charge in [0, 0.05) is 21.9 Å². The van der Waals surface area contributed by atoms with Crippen LogP contribution in [0.15, 0.2) is 97.1 Å². The van der Waals surface area contributed by atoms with Crippen molar-refractivity contribution in [2.45, 2.75) is 5.60 Å². The first-order valence-corrected chi connectivity index (χ1v) is 11.9. The van der Waals surface area contributed by atoms with Crippen LogP contribution in [0, 0.1) is 0 Å². The van der Waals surface area contributed by atoms with Crippen LogP contribution in [0.3, 0.4) is 0 Å². The second-order valence-corrected chi connectivity index (χ2v) is 8.90. The Balaban J connectivity index is 1.53. The van der Waals surface area contributed by atoms with Crippen LogP contribution in [0.25, 0.3) is 21.5 Å². The highest BCUT2D eigenvalue weighted by atomic mass is 16.6. The molecule has 0 aliphatic carbocycles. The van der Waals surface area contributed by atoms with E-state index in [1.807, 2.05) is 60.7 Å². The Bertz CT molecular complexity index is 1610. The predicted octanol–water partition coefficient (Wildman–Crippen LogP) is 6.18. The van der Waals surface area contributed by atoms with Crippen LogP contribution in [-0.2, 0) is 10.4 Å². The van der Waals surface area contributed by atoms with Crippen LogP contribution < -0.4 is 18.9 Å². The Morgan fingerprint density at radius 1 is 0.757 bits per heavy atom. The third kappa shape index (κ3) is 3.87. The Morgan fingerprint density at radius 3 is 1.81 bits per heavy atom. The number of carboxylic acids is 1.